The molecule has 0 spiro atoms. The van der Waals surface area contributed by atoms with Gasteiger partial charge in [-0.2, -0.15) is 0 Å². The summed E-state index contributed by atoms with van der Waals surface area (Å²) in [5.41, 5.74) is 0.478. The molecule has 1 aromatic rings. The van der Waals surface area contributed by atoms with Gasteiger partial charge in [0.2, 0.25) is 0 Å². The second-order valence-electron chi connectivity index (χ2n) is 5.95. The van der Waals surface area contributed by atoms with Crippen LogP contribution in [-0.4, -0.2) is 37.1 Å². The number of para-hydroxylation sites is 1. The molecular formula is C16H25NO4. The van der Waals surface area contributed by atoms with Crippen molar-refractivity contribution in [1.29, 1.82) is 0 Å². The van der Waals surface area contributed by atoms with Gasteiger partial charge in [0.05, 0.1) is 7.11 Å². The lowest BCUT2D eigenvalue weighted by atomic mass is 9.99. The first-order valence-electron chi connectivity index (χ1n) is 7.05. The molecule has 0 aromatic heterocycles. The third-order valence-corrected chi connectivity index (χ3v) is 2.89. The summed E-state index contributed by atoms with van der Waals surface area (Å²) in [4.78, 5) is 11.6. The van der Waals surface area contributed by atoms with E-state index >= 15 is 0 Å². The largest absolute Gasteiger partial charge is 0.496 e. The van der Waals surface area contributed by atoms with Gasteiger partial charge in [0.15, 0.2) is 0 Å². The van der Waals surface area contributed by atoms with Crippen LogP contribution in [0.25, 0.3) is 0 Å². The molecule has 0 saturated heterocycles. The molecule has 0 aliphatic heterocycles. The van der Waals surface area contributed by atoms with E-state index < -0.39 is 11.7 Å². The number of methoxy groups -OCH3 is 1. The maximum absolute atomic E-state index is 11.6. The lowest BCUT2D eigenvalue weighted by Gasteiger charge is -2.21. The quantitative estimate of drug-likeness (QED) is 0.845. The monoisotopic (exact) mass is 295 g/mol. The van der Waals surface area contributed by atoms with Gasteiger partial charge in [-0.05, 0) is 38.8 Å². The first kappa shape index (κ1) is 17.3. The number of hydrogen-bond acceptors (Lipinski definition) is 4. The Kier molecular flexibility index (Phi) is 6.49. The van der Waals surface area contributed by atoms with E-state index in [0.29, 0.717) is 13.0 Å². The Hall–Kier alpha value is -1.75. The van der Waals surface area contributed by atoms with Crippen molar-refractivity contribution in [3.05, 3.63) is 29.8 Å². The van der Waals surface area contributed by atoms with Crippen LogP contribution in [0.1, 0.15) is 26.3 Å². The van der Waals surface area contributed by atoms with Gasteiger partial charge in [0.25, 0.3) is 0 Å². The summed E-state index contributed by atoms with van der Waals surface area (Å²) in [7, 11) is 1.62. The Bertz CT molecular complexity index is 454. The van der Waals surface area contributed by atoms with Crippen molar-refractivity contribution in [2.24, 2.45) is 5.92 Å². The molecule has 1 aromatic carbocycles. The highest BCUT2D eigenvalue weighted by atomic mass is 16.6. The summed E-state index contributed by atoms with van der Waals surface area (Å²) in [6.07, 6.45) is 0.150. The fourth-order valence-corrected chi connectivity index (χ4v) is 1.93. The van der Waals surface area contributed by atoms with Crippen molar-refractivity contribution in [3.8, 4) is 5.75 Å². The van der Waals surface area contributed by atoms with E-state index in [0.717, 1.165) is 11.3 Å². The number of aliphatic hydroxyl groups is 1. The number of aliphatic hydroxyl groups excluding tert-OH is 1. The van der Waals surface area contributed by atoms with E-state index in [1.165, 1.54) is 0 Å². The zero-order valence-corrected chi connectivity index (χ0v) is 13.2. The fourth-order valence-electron chi connectivity index (χ4n) is 1.93. The second kappa shape index (κ2) is 7.88. The number of amides is 1. The summed E-state index contributed by atoms with van der Waals surface area (Å²) < 4.78 is 10.5. The highest BCUT2D eigenvalue weighted by Gasteiger charge is 2.18. The number of alkyl carbamates (subject to hydrolysis) is 1. The Morgan fingerprint density at radius 2 is 2.00 bits per heavy atom. The lowest BCUT2D eigenvalue weighted by Crippen LogP contribution is -2.36. The molecule has 1 unspecified atom stereocenters. The van der Waals surface area contributed by atoms with Gasteiger partial charge in [-0.1, -0.05) is 18.2 Å². The first-order chi connectivity index (χ1) is 9.85. The van der Waals surface area contributed by atoms with Gasteiger partial charge >= 0.3 is 6.09 Å². The fraction of sp³-hybridized carbons (Fsp3) is 0.562. The van der Waals surface area contributed by atoms with Gasteiger partial charge in [0, 0.05) is 19.1 Å². The Labute approximate surface area is 126 Å². The van der Waals surface area contributed by atoms with E-state index in [2.05, 4.69) is 5.32 Å². The number of benzene rings is 1. The molecule has 118 valence electrons. The first-order valence-corrected chi connectivity index (χ1v) is 7.05. The van der Waals surface area contributed by atoms with Crippen molar-refractivity contribution in [2.75, 3.05) is 20.3 Å². The van der Waals surface area contributed by atoms with Crippen molar-refractivity contribution >= 4 is 6.09 Å². The van der Waals surface area contributed by atoms with Crippen LogP contribution in [0.15, 0.2) is 24.3 Å². The van der Waals surface area contributed by atoms with Crippen LogP contribution in [0.3, 0.4) is 0 Å². The Morgan fingerprint density at radius 3 is 2.57 bits per heavy atom. The van der Waals surface area contributed by atoms with Gasteiger partial charge < -0.3 is 19.9 Å². The van der Waals surface area contributed by atoms with Crippen LogP contribution >= 0.6 is 0 Å². The van der Waals surface area contributed by atoms with Crippen LogP contribution in [0, 0.1) is 5.92 Å². The summed E-state index contributed by atoms with van der Waals surface area (Å²) >= 11 is 0. The number of carbonyl (C=O) groups is 1. The average Bonchev–Trinajstić information content (AvgIpc) is 2.42. The minimum Gasteiger partial charge on any atom is -0.496 e. The van der Waals surface area contributed by atoms with Crippen LogP contribution in [0.2, 0.25) is 0 Å². The van der Waals surface area contributed by atoms with E-state index in [1.807, 2.05) is 45.0 Å². The molecule has 1 atom stereocenters. The molecule has 1 rings (SSSR count). The third kappa shape index (κ3) is 6.49. The lowest BCUT2D eigenvalue weighted by molar-refractivity contribution is 0.0512. The average molecular weight is 295 g/mol. The van der Waals surface area contributed by atoms with Crippen molar-refractivity contribution in [1.82, 2.24) is 5.32 Å². The molecule has 5 heteroatoms. The van der Waals surface area contributed by atoms with Gasteiger partial charge in [-0.25, -0.2) is 4.79 Å². The number of hydrogen-bond donors (Lipinski definition) is 2. The Morgan fingerprint density at radius 1 is 1.33 bits per heavy atom. The normalized spacial score (nSPS) is 12.6. The molecule has 0 aliphatic carbocycles. The van der Waals surface area contributed by atoms with E-state index in [4.69, 9.17) is 9.47 Å². The molecule has 0 saturated carbocycles. The van der Waals surface area contributed by atoms with Crippen molar-refractivity contribution < 1.29 is 19.4 Å². The highest BCUT2D eigenvalue weighted by Crippen LogP contribution is 2.20. The second-order valence-corrected chi connectivity index (χ2v) is 5.95. The molecule has 2 N–H and O–H groups in total. The number of rotatable bonds is 6. The third-order valence-electron chi connectivity index (χ3n) is 2.89. The molecular weight excluding hydrogens is 270 g/mol. The van der Waals surface area contributed by atoms with Crippen molar-refractivity contribution in [3.63, 3.8) is 0 Å². The van der Waals surface area contributed by atoms with E-state index in [9.17, 15) is 9.90 Å². The molecule has 1 amide bonds. The molecule has 5 nitrogen and oxygen atoms in total. The van der Waals surface area contributed by atoms with Gasteiger partial charge in [-0.3, -0.25) is 0 Å². The standard InChI is InChI=1S/C16H25NO4/c1-16(2,3)21-15(19)17-10-12(11-18)9-13-7-5-6-8-14(13)20-4/h5-8,12,18H,9-11H2,1-4H3,(H,17,19). The molecule has 0 radical (unpaired) electrons. The van der Waals surface area contributed by atoms with Crippen LogP contribution in [-0.2, 0) is 11.2 Å². The Balaban J connectivity index is 2.54. The van der Waals surface area contributed by atoms with Crippen LogP contribution in [0.4, 0.5) is 4.79 Å². The van der Waals surface area contributed by atoms with Crippen molar-refractivity contribution in [2.45, 2.75) is 32.8 Å². The topological polar surface area (TPSA) is 67.8 Å². The highest BCUT2D eigenvalue weighted by molar-refractivity contribution is 5.67. The van der Waals surface area contributed by atoms with Gasteiger partial charge in [-0.15, -0.1) is 0 Å². The van der Waals surface area contributed by atoms with Gasteiger partial charge in [0.1, 0.15) is 11.4 Å². The number of nitrogens with one attached hydrogen (secondary N) is 1. The van der Waals surface area contributed by atoms with Crippen LogP contribution < -0.4 is 10.1 Å². The maximum Gasteiger partial charge on any atom is 0.407 e. The van der Waals surface area contributed by atoms with E-state index in [-0.39, 0.29) is 12.5 Å². The maximum atomic E-state index is 11.6. The molecule has 0 heterocycles. The molecule has 0 fully saturated rings. The number of carbonyl (C=O) groups excluding carboxylic acids is 1. The summed E-state index contributed by atoms with van der Waals surface area (Å²) in [5.74, 6) is 0.696. The minimum absolute atomic E-state index is 0.0200. The zero-order valence-electron chi connectivity index (χ0n) is 13.2. The predicted octanol–water partition coefficient (Wildman–Crippen LogP) is 2.37. The molecule has 0 bridgehead atoms. The minimum atomic E-state index is -0.526. The summed E-state index contributed by atoms with van der Waals surface area (Å²) in [6, 6.07) is 7.66. The summed E-state index contributed by atoms with van der Waals surface area (Å²) in [5, 5.41) is 12.1. The molecule has 0 aliphatic rings. The SMILES string of the molecule is COc1ccccc1CC(CO)CNC(=O)OC(C)(C)C. The smallest absolute Gasteiger partial charge is 0.407 e. The van der Waals surface area contributed by atoms with Crippen LogP contribution in [0.5, 0.6) is 5.75 Å². The zero-order chi connectivity index (χ0) is 15.9. The predicted molar refractivity (Wildman–Crippen MR) is 81.5 cm³/mol. The number of ether oxygens (including phenoxy) is 2. The van der Waals surface area contributed by atoms with E-state index in [1.54, 1.807) is 7.11 Å². The summed E-state index contributed by atoms with van der Waals surface area (Å²) in [6.45, 7) is 5.76. The molecule has 21 heavy (non-hydrogen) atoms.